The number of aliphatic hydroxyl groups excluding tert-OH is 1. The van der Waals surface area contributed by atoms with Gasteiger partial charge in [0.1, 0.15) is 6.54 Å². The lowest BCUT2D eigenvalue weighted by molar-refractivity contribution is -0.144. The van der Waals surface area contributed by atoms with E-state index in [9.17, 15) is 14.7 Å². The summed E-state index contributed by atoms with van der Waals surface area (Å²) < 4.78 is 5.18. The van der Waals surface area contributed by atoms with Crippen LogP contribution in [0.2, 0.25) is 25.7 Å². The highest BCUT2D eigenvalue weighted by atomic mass is 28.3. The van der Waals surface area contributed by atoms with Crippen LogP contribution in [0.1, 0.15) is 32.6 Å². The number of amides is 1. The molecule has 0 saturated carbocycles. The van der Waals surface area contributed by atoms with E-state index in [1.807, 2.05) is 13.0 Å². The molecule has 5 nitrogen and oxygen atoms in total. The number of hydrogen-bond acceptors (Lipinski definition) is 4. The highest BCUT2D eigenvalue weighted by molar-refractivity contribution is 6.76. The Morgan fingerprint density at radius 1 is 1.35 bits per heavy atom. The second-order valence-corrected chi connectivity index (χ2v) is 13.5. The lowest BCUT2D eigenvalue weighted by atomic mass is 9.78. The Bertz CT molecular complexity index is 444. The van der Waals surface area contributed by atoms with Gasteiger partial charge in [0.25, 0.3) is 0 Å². The van der Waals surface area contributed by atoms with Crippen LogP contribution in [0.25, 0.3) is 0 Å². The topological polar surface area (TPSA) is 75.6 Å². The minimum atomic E-state index is -1.22. The number of ether oxygens (including phenoxy) is 1. The molecule has 6 heteroatoms. The van der Waals surface area contributed by atoms with Gasteiger partial charge in [0.05, 0.1) is 12.7 Å². The first-order chi connectivity index (χ1) is 10.6. The SMILES string of the molecule is C[C@@]1(C(=O)NCC(=O)OCC[Si](C)(C)C)CC/C=C/[C@H](O)CC1. The van der Waals surface area contributed by atoms with Crippen LogP contribution in [0.5, 0.6) is 0 Å². The fraction of sp³-hybridized carbons (Fsp3) is 0.765. The molecule has 1 aliphatic carbocycles. The maximum absolute atomic E-state index is 12.4. The summed E-state index contributed by atoms with van der Waals surface area (Å²) in [5.41, 5.74) is -0.551. The van der Waals surface area contributed by atoms with Crippen LogP contribution in [-0.2, 0) is 14.3 Å². The van der Waals surface area contributed by atoms with Crippen LogP contribution in [-0.4, -0.2) is 44.3 Å². The van der Waals surface area contributed by atoms with E-state index in [0.29, 0.717) is 25.9 Å². The largest absolute Gasteiger partial charge is 0.465 e. The molecular weight excluding hydrogens is 310 g/mol. The molecule has 0 aromatic rings. The average Bonchev–Trinajstić information content (AvgIpc) is 2.44. The van der Waals surface area contributed by atoms with Crippen LogP contribution in [0, 0.1) is 5.41 Å². The molecule has 0 heterocycles. The van der Waals surface area contributed by atoms with Gasteiger partial charge in [-0.2, -0.15) is 0 Å². The summed E-state index contributed by atoms with van der Waals surface area (Å²) in [6.45, 7) is 8.91. The normalized spacial score (nSPS) is 26.7. The summed E-state index contributed by atoms with van der Waals surface area (Å²) in [7, 11) is -1.22. The fourth-order valence-electron chi connectivity index (χ4n) is 2.46. The zero-order chi connectivity index (χ0) is 17.5. The summed E-state index contributed by atoms with van der Waals surface area (Å²) in [5, 5.41) is 12.4. The Kier molecular flexibility index (Phi) is 7.47. The number of carbonyl (C=O) groups excluding carboxylic acids is 2. The van der Waals surface area contributed by atoms with Gasteiger partial charge in [-0.1, -0.05) is 38.7 Å². The molecule has 1 aliphatic rings. The van der Waals surface area contributed by atoms with E-state index in [0.717, 1.165) is 12.5 Å². The third-order valence-electron chi connectivity index (χ3n) is 4.27. The Morgan fingerprint density at radius 3 is 2.70 bits per heavy atom. The third-order valence-corrected chi connectivity index (χ3v) is 5.97. The van der Waals surface area contributed by atoms with Gasteiger partial charge in [-0.25, -0.2) is 0 Å². The molecule has 1 rings (SSSR count). The first kappa shape index (κ1) is 19.9. The summed E-state index contributed by atoms with van der Waals surface area (Å²) in [6, 6.07) is 0.925. The van der Waals surface area contributed by atoms with Gasteiger partial charge in [0.2, 0.25) is 5.91 Å². The van der Waals surface area contributed by atoms with Crippen molar-refractivity contribution in [2.75, 3.05) is 13.2 Å². The summed E-state index contributed by atoms with van der Waals surface area (Å²) in [5.74, 6) is -0.520. The third kappa shape index (κ3) is 7.79. The van der Waals surface area contributed by atoms with E-state index in [4.69, 9.17) is 4.74 Å². The predicted molar refractivity (Wildman–Crippen MR) is 93.8 cm³/mol. The minimum absolute atomic E-state index is 0.0848. The van der Waals surface area contributed by atoms with E-state index >= 15 is 0 Å². The lowest BCUT2D eigenvalue weighted by Crippen LogP contribution is -2.42. The van der Waals surface area contributed by atoms with Crippen LogP contribution >= 0.6 is 0 Å². The molecule has 0 unspecified atom stereocenters. The molecule has 2 atom stereocenters. The first-order valence-electron chi connectivity index (χ1n) is 8.41. The van der Waals surface area contributed by atoms with Crippen LogP contribution < -0.4 is 5.32 Å². The molecular formula is C17H31NO4Si. The van der Waals surface area contributed by atoms with Crippen molar-refractivity contribution in [2.24, 2.45) is 5.41 Å². The highest BCUT2D eigenvalue weighted by Crippen LogP contribution is 2.32. The molecule has 1 amide bonds. The van der Waals surface area contributed by atoms with Gasteiger partial charge in [-0.05, 0) is 31.7 Å². The second-order valence-electron chi connectivity index (χ2n) is 7.85. The van der Waals surface area contributed by atoms with Crippen LogP contribution in [0.3, 0.4) is 0 Å². The Labute approximate surface area is 140 Å². The predicted octanol–water partition coefficient (Wildman–Crippen LogP) is 2.48. The zero-order valence-corrected chi connectivity index (χ0v) is 15.9. The fourth-order valence-corrected chi connectivity index (χ4v) is 3.17. The standard InChI is InChI=1S/C17H31NO4Si/c1-17(9-6-5-7-14(19)8-10-17)16(21)18-13-15(20)22-11-12-23(2,3)4/h5,7,14,19H,6,8-13H2,1-4H3,(H,18,21)/b7-5+/t14-,17+/m0/s1. The molecule has 0 aromatic heterocycles. The number of esters is 1. The van der Waals surface area contributed by atoms with Gasteiger partial charge in [-0.15, -0.1) is 0 Å². The number of hydrogen-bond donors (Lipinski definition) is 2. The smallest absolute Gasteiger partial charge is 0.325 e. The van der Waals surface area contributed by atoms with E-state index in [-0.39, 0.29) is 18.4 Å². The summed E-state index contributed by atoms with van der Waals surface area (Å²) in [4.78, 5) is 24.1. The van der Waals surface area contributed by atoms with Gasteiger partial charge >= 0.3 is 5.97 Å². The van der Waals surface area contributed by atoms with E-state index in [2.05, 4.69) is 25.0 Å². The quantitative estimate of drug-likeness (QED) is 0.442. The molecule has 0 aliphatic heterocycles. The second kappa shape index (κ2) is 8.64. The van der Waals surface area contributed by atoms with Crippen LogP contribution in [0.4, 0.5) is 0 Å². The maximum Gasteiger partial charge on any atom is 0.325 e. The minimum Gasteiger partial charge on any atom is -0.465 e. The van der Waals surface area contributed by atoms with Crippen molar-refractivity contribution < 1.29 is 19.4 Å². The van der Waals surface area contributed by atoms with Crippen molar-refractivity contribution in [1.82, 2.24) is 5.32 Å². The van der Waals surface area contributed by atoms with E-state index in [1.54, 1.807) is 6.08 Å². The van der Waals surface area contributed by atoms with Gasteiger partial charge in [0.15, 0.2) is 0 Å². The molecule has 2 N–H and O–H groups in total. The van der Waals surface area contributed by atoms with E-state index in [1.165, 1.54) is 0 Å². The number of rotatable bonds is 6. The molecule has 0 saturated heterocycles. The lowest BCUT2D eigenvalue weighted by Gasteiger charge is -2.29. The van der Waals surface area contributed by atoms with Gasteiger partial charge < -0.3 is 15.2 Å². The zero-order valence-electron chi connectivity index (χ0n) is 14.9. The molecule has 0 aromatic carbocycles. The number of allylic oxidation sites excluding steroid dienone is 1. The van der Waals surface area contributed by atoms with Crippen molar-refractivity contribution in [1.29, 1.82) is 0 Å². The van der Waals surface area contributed by atoms with Crippen molar-refractivity contribution in [3.05, 3.63) is 12.2 Å². The number of carbonyl (C=O) groups is 2. The van der Waals surface area contributed by atoms with Crippen LogP contribution in [0.15, 0.2) is 12.2 Å². The highest BCUT2D eigenvalue weighted by Gasteiger charge is 2.33. The number of nitrogens with one attached hydrogen (secondary N) is 1. The van der Waals surface area contributed by atoms with Crippen molar-refractivity contribution in [3.8, 4) is 0 Å². The summed E-state index contributed by atoms with van der Waals surface area (Å²) in [6.07, 6.45) is 5.84. The van der Waals surface area contributed by atoms with Crippen molar-refractivity contribution in [2.45, 2.75) is 64.4 Å². The molecule has 132 valence electrons. The molecule has 0 bridgehead atoms. The maximum atomic E-state index is 12.4. The molecule has 23 heavy (non-hydrogen) atoms. The molecule has 0 spiro atoms. The molecule has 0 fully saturated rings. The first-order valence-corrected chi connectivity index (χ1v) is 12.1. The average molecular weight is 342 g/mol. The van der Waals surface area contributed by atoms with Gasteiger partial charge in [-0.3, -0.25) is 9.59 Å². The Hall–Kier alpha value is -1.14. The Morgan fingerprint density at radius 2 is 2.04 bits per heavy atom. The van der Waals surface area contributed by atoms with Crippen molar-refractivity contribution >= 4 is 20.0 Å². The van der Waals surface area contributed by atoms with Gasteiger partial charge in [0, 0.05) is 13.5 Å². The molecule has 0 radical (unpaired) electrons. The number of aliphatic hydroxyl groups is 1. The van der Waals surface area contributed by atoms with E-state index < -0.39 is 19.6 Å². The van der Waals surface area contributed by atoms with Crippen molar-refractivity contribution in [3.63, 3.8) is 0 Å². The summed E-state index contributed by atoms with van der Waals surface area (Å²) >= 11 is 0. The monoisotopic (exact) mass is 341 g/mol. The Balaban J connectivity index is 2.39.